The van der Waals surface area contributed by atoms with Crippen molar-refractivity contribution in [3.8, 4) is 0 Å². The van der Waals surface area contributed by atoms with Crippen LogP contribution in [-0.2, 0) is 40.1 Å². The number of rotatable bonds is 8. The van der Waals surface area contributed by atoms with E-state index in [0.717, 1.165) is 0 Å². The number of para-hydroxylation sites is 2. The zero-order chi connectivity index (χ0) is 21.1. The molecule has 1 aromatic rings. The number of carbonyl (C=O) groups is 2. The van der Waals surface area contributed by atoms with E-state index in [9.17, 15) is 19.8 Å². The van der Waals surface area contributed by atoms with Gasteiger partial charge in [0.25, 0.3) is 11.4 Å². The van der Waals surface area contributed by atoms with Crippen molar-refractivity contribution in [3.05, 3.63) is 46.9 Å². The number of benzene rings is 1. The van der Waals surface area contributed by atoms with E-state index in [2.05, 4.69) is 9.98 Å². The van der Waals surface area contributed by atoms with Gasteiger partial charge in [-0.3, -0.25) is 0 Å². The first-order valence-corrected chi connectivity index (χ1v) is 8.74. The predicted molar refractivity (Wildman–Crippen MR) is 104 cm³/mol. The molecule has 0 aliphatic carbocycles. The third-order valence-corrected chi connectivity index (χ3v) is 3.44. The van der Waals surface area contributed by atoms with Gasteiger partial charge in [0.05, 0.1) is 13.2 Å². The predicted octanol–water partition coefficient (Wildman–Crippen LogP) is 0.0401. The number of aliphatic hydroxyl groups excluding tert-OH is 2. The molecule has 0 heterocycles. The molecule has 4 N–H and O–H groups in total. The smallest absolute Gasteiger partial charge is 0.511 e. The van der Waals surface area contributed by atoms with Crippen LogP contribution in [0.1, 0.15) is 27.7 Å². The molecule has 0 radical (unpaired) electrons. The van der Waals surface area contributed by atoms with Gasteiger partial charge in [0, 0.05) is 12.1 Å². The Hall–Kier alpha value is -2.73. The fraction of sp³-hybridized carbons (Fsp3) is 0.300. The van der Waals surface area contributed by atoms with Crippen LogP contribution in [0.5, 0.6) is 0 Å². The third kappa shape index (κ3) is 8.44. The molecule has 0 unspecified atom stereocenters. The maximum Gasteiger partial charge on any atom is 4.00 e. The molecule has 156 valence electrons. The van der Waals surface area contributed by atoms with Crippen molar-refractivity contribution < 1.29 is 60.3 Å². The van der Waals surface area contributed by atoms with Gasteiger partial charge in [0.2, 0.25) is 0 Å². The quantitative estimate of drug-likeness (QED) is 0.148. The summed E-state index contributed by atoms with van der Waals surface area (Å²) in [5.41, 5.74) is 1.08. The number of carbonyl (C=O) groups excluding carboxylic acids is 2. The normalized spacial score (nSPS) is 12.8. The summed E-state index contributed by atoms with van der Waals surface area (Å²) >= 11 is 0. The SMILES string of the molecule is CCOC(=O)/C(C=[NH+]c1ccccc1[NH+]=C/C(C(=O)OCC)=C(/C)O)=C(\C)O.[Pt+4]. The molecule has 0 fully saturated rings. The third-order valence-electron chi connectivity index (χ3n) is 3.44. The average molecular weight is 586 g/mol. The minimum absolute atomic E-state index is 0. The van der Waals surface area contributed by atoms with Gasteiger partial charge in [-0.05, 0) is 27.7 Å². The Balaban J connectivity index is 0.00000784. The fourth-order valence-corrected chi connectivity index (χ4v) is 2.07. The van der Waals surface area contributed by atoms with Gasteiger partial charge in [-0.15, -0.1) is 0 Å². The second-order valence-corrected chi connectivity index (χ2v) is 5.56. The number of nitrogens with one attached hydrogen (secondary N) is 2. The van der Waals surface area contributed by atoms with Gasteiger partial charge in [0.15, 0.2) is 23.6 Å². The molecule has 1 rings (SSSR count). The fourth-order valence-electron chi connectivity index (χ4n) is 2.07. The van der Waals surface area contributed by atoms with E-state index >= 15 is 0 Å². The van der Waals surface area contributed by atoms with E-state index in [1.807, 2.05) is 0 Å². The Morgan fingerprint density at radius 1 is 0.862 bits per heavy atom. The van der Waals surface area contributed by atoms with E-state index in [4.69, 9.17) is 9.47 Å². The molecule has 0 bridgehead atoms. The Morgan fingerprint density at radius 2 is 1.21 bits per heavy atom. The number of ether oxygens (including phenoxy) is 2. The summed E-state index contributed by atoms with van der Waals surface area (Å²) in [7, 11) is 0. The van der Waals surface area contributed by atoms with Crippen molar-refractivity contribution in [2.45, 2.75) is 27.7 Å². The first-order valence-electron chi connectivity index (χ1n) is 8.74. The molecular weight excluding hydrogens is 559 g/mol. The second kappa shape index (κ2) is 13.4. The van der Waals surface area contributed by atoms with Crippen LogP contribution < -0.4 is 9.98 Å². The minimum atomic E-state index is -0.657. The number of esters is 2. The Labute approximate surface area is 183 Å². The summed E-state index contributed by atoms with van der Waals surface area (Å²) in [5.74, 6) is -1.69. The summed E-state index contributed by atoms with van der Waals surface area (Å²) in [4.78, 5) is 29.6. The number of hydrogen-bond donors (Lipinski definition) is 4. The molecule has 0 saturated carbocycles. The molecule has 0 saturated heterocycles. The van der Waals surface area contributed by atoms with E-state index in [1.165, 1.54) is 26.3 Å². The molecule has 0 aliphatic heterocycles. The van der Waals surface area contributed by atoms with Crippen LogP contribution in [-0.4, -0.2) is 47.8 Å². The van der Waals surface area contributed by atoms with Crippen LogP contribution in [0.25, 0.3) is 0 Å². The van der Waals surface area contributed by atoms with Crippen molar-refractivity contribution >= 4 is 35.7 Å². The number of hydrogen-bond acceptors (Lipinski definition) is 6. The van der Waals surface area contributed by atoms with Crippen LogP contribution in [0.2, 0.25) is 0 Å². The molecule has 0 atom stereocenters. The molecule has 1 aromatic carbocycles. The standard InChI is InChI=1S/C20H24N2O6.Pt/c1-5-27-19(25)15(13(3)23)11-21-17-9-7-8-10-18(17)22-12-16(14(4)24)20(26)28-6-2;/h7-12,23-24H,5-6H2,1-4H3;/q;+4/p+2/b15-13+,16-14+,21-11?,22-12?;. The molecule has 0 aliphatic rings. The van der Waals surface area contributed by atoms with Crippen molar-refractivity contribution in [1.29, 1.82) is 0 Å². The van der Waals surface area contributed by atoms with Crippen molar-refractivity contribution in [2.75, 3.05) is 13.2 Å². The second-order valence-electron chi connectivity index (χ2n) is 5.56. The van der Waals surface area contributed by atoms with Gasteiger partial charge >= 0.3 is 33.0 Å². The van der Waals surface area contributed by atoms with E-state index in [0.29, 0.717) is 11.4 Å². The molecule has 29 heavy (non-hydrogen) atoms. The van der Waals surface area contributed by atoms with E-state index in [-0.39, 0.29) is 56.9 Å². The zero-order valence-electron chi connectivity index (χ0n) is 16.7. The Bertz CT molecular complexity index is 766. The topological polar surface area (TPSA) is 121 Å². The van der Waals surface area contributed by atoms with Crippen LogP contribution in [0.4, 0.5) is 11.4 Å². The molecule has 0 spiro atoms. The monoisotopic (exact) mass is 585 g/mol. The van der Waals surface area contributed by atoms with Crippen LogP contribution in [0, 0.1) is 0 Å². The van der Waals surface area contributed by atoms with Gasteiger partial charge in [-0.2, -0.15) is 0 Å². The molecule has 0 amide bonds. The molecule has 8 nitrogen and oxygen atoms in total. The molecule has 9 heteroatoms. The van der Waals surface area contributed by atoms with E-state index < -0.39 is 11.9 Å². The Morgan fingerprint density at radius 3 is 1.48 bits per heavy atom. The average Bonchev–Trinajstić information content (AvgIpc) is 2.63. The summed E-state index contributed by atoms with van der Waals surface area (Å²) in [6, 6.07) is 6.98. The summed E-state index contributed by atoms with van der Waals surface area (Å²) in [5, 5.41) is 19.4. The maximum atomic E-state index is 11.9. The van der Waals surface area contributed by atoms with Crippen molar-refractivity contribution in [2.24, 2.45) is 0 Å². The van der Waals surface area contributed by atoms with Crippen LogP contribution in [0.3, 0.4) is 0 Å². The summed E-state index contributed by atoms with van der Waals surface area (Å²) in [6.07, 6.45) is 2.65. The first-order chi connectivity index (χ1) is 13.3. The van der Waals surface area contributed by atoms with Crippen molar-refractivity contribution in [3.63, 3.8) is 0 Å². The number of aliphatic hydroxyl groups is 2. The Kier molecular flexibility index (Phi) is 12.2. The maximum absolute atomic E-state index is 11.9. The summed E-state index contributed by atoms with van der Waals surface area (Å²) < 4.78 is 9.81. The largest absolute Gasteiger partial charge is 4.00 e. The molecule has 0 aromatic heterocycles. The number of allylic oxidation sites excluding steroid dienone is 2. The van der Waals surface area contributed by atoms with Crippen molar-refractivity contribution in [1.82, 2.24) is 0 Å². The minimum Gasteiger partial charge on any atom is -0.511 e. The molecular formula is C20H26N2O6Pt+6. The van der Waals surface area contributed by atoms with E-state index in [1.54, 1.807) is 38.1 Å². The van der Waals surface area contributed by atoms with Crippen LogP contribution in [0.15, 0.2) is 46.9 Å². The summed E-state index contributed by atoms with van der Waals surface area (Å²) in [6.45, 7) is 6.46. The van der Waals surface area contributed by atoms with Gasteiger partial charge in [-0.1, -0.05) is 12.1 Å². The zero-order valence-corrected chi connectivity index (χ0v) is 19.0. The van der Waals surface area contributed by atoms with Crippen LogP contribution >= 0.6 is 0 Å². The van der Waals surface area contributed by atoms with Gasteiger partial charge in [-0.25, -0.2) is 19.6 Å². The van der Waals surface area contributed by atoms with Gasteiger partial charge in [0.1, 0.15) is 11.5 Å². The first kappa shape index (κ1) is 26.3. The van der Waals surface area contributed by atoms with Gasteiger partial charge < -0.3 is 19.7 Å².